The molecule has 0 aromatic heterocycles. The van der Waals surface area contributed by atoms with E-state index in [0.717, 1.165) is 24.6 Å². The first-order chi connectivity index (χ1) is 11.9. The smallest absolute Gasteiger partial charge is 0.381 e. The van der Waals surface area contributed by atoms with Crippen molar-refractivity contribution in [2.45, 2.75) is 25.1 Å². The largest absolute Gasteiger partial charge is 0.417 e. The summed E-state index contributed by atoms with van der Waals surface area (Å²) in [5.41, 5.74) is -0.217. The number of nitrogens with zero attached hydrogens (tertiary/aromatic N) is 1. The van der Waals surface area contributed by atoms with Crippen molar-refractivity contribution in [2.24, 2.45) is 0 Å². The average Bonchev–Trinajstić information content (AvgIpc) is 2.61. The number of hydrogen-bond donors (Lipinski definition) is 1. The fourth-order valence-electron chi connectivity index (χ4n) is 3.14. The van der Waals surface area contributed by atoms with E-state index in [1.807, 2.05) is 30.3 Å². The van der Waals surface area contributed by atoms with Gasteiger partial charge in [0.25, 0.3) is 5.91 Å². The van der Waals surface area contributed by atoms with Crippen molar-refractivity contribution in [3.8, 4) is 0 Å². The monoisotopic (exact) mass is 348 g/mol. The number of rotatable bonds is 3. The molecule has 0 radical (unpaired) electrons. The molecule has 1 heterocycles. The summed E-state index contributed by atoms with van der Waals surface area (Å²) in [6.07, 6.45) is -2.91. The first-order valence-electron chi connectivity index (χ1n) is 8.22. The Bertz CT molecular complexity index is 731. The zero-order valence-electron chi connectivity index (χ0n) is 13.6. The van der Waals surface area contributed by atoms with Crippen LogP contribution in [0.25, 0.3) is 0 Å². The highest BCUT2D eigenvalue weighted by molar-refractivity contribution is 5.96. The molecule has 1 fully saturated rings. The lowest BCUT2D eigenvalue weighted by Gasteiger charge is -2.34. The Morgan fingerprint density at radius 3 is 2.44 bits per heavy atom. The molecule has 1 aliphatic rings. The summed E-state index contributed by atoms with van der Waals surface area (Å²) >= 11 is 0. The Labute approximate surface area is 144 Å². The number of carbonyl (C=O) groups is 1. The van der Waals surface area contributed by atoms with E-state index in [-0.39, 0.29) is 11.6 Å². The number of piperidine rings is 1. The van der Waals surface area contributed by atoms with Gasteiger partial charge in [0.05, 0.1) is 11.1 Å². The molecule has 1 saturated heterocycles. The minimum Gasteiger partial charge on any atom is -0.381 e. The molecule has 2 aromatic rings. The van der Waals surface area contributed by atoms with Crippen LogP contribution in [0.5, 0.6) is 0 Å². The number of alkyl halides is 3. The fourth-order valence-corrected chi connectivity index (χ4v) is 3.14. The van der Waals surface area contributed by atoms with Gasteiger partial charge >= 0.3 is 6.18 Å². The summed E-state index contributed by atoms with van der Waals surface area (Å²) in [6, 6.07) is 14.6. The van der Waals surface area contributed by atoms with Crippen LogP contribution in [0.4, 0.5) is 18.9 Å². The molecule has 25 heavy (non-hydrogen) atoms. The number of anilines is 1. The van der Waals surface area contributed by atoms with Crippen molar-refractivity contribution in [3.05, 3.63) is 65.7 Å². The maximum Gasteiger partial charge on any atom is 0.417 e. The van der Waals surface area contributed by atoms with Crippen LogP contribution in [0.3, 0.4) is 0 Å². The summed E-state index contributed by atoms with van der Waals surface area (Å²) in [5, 5.41) is 3.35. The van der Waals surface area contributed by atoms with Crippen molar-refractivity contribution in [3.63, 3.8) is 0 Å². The number of nitrogens with one attached hydrogen (secondary N) is 1. The number of carbonyl (C=O) groups excluding carboxylic acids is 1. The van der Waals surface area contributed by atoms with Gasteiger partial charge in [-0.3, -0.25) is 4.79 Å². The Morgan fingerprint density at radius 2 is 1.72 bits per heavy atom. The van der Waals surface area contributed by atoms with Gasteiger partial charge in [0.15, 0.2) is 0 Å². The SMILES string of the molecule is O=C(c1ccccc1C(F)(F)F)N1CCC[C@H](Nc2ccccc2)C1. The molecule has 132 valence electrons. The summed E-state index contributed by atoms with van der Waals surface area (Å²) in [5.74, 6) is -0.563. The van der Waals surface area contributed by atoms with E-state index in [1.54, 1.807) is 0 Å². The second kappa shape index (κ2) is 7.17. The summed E-state index contributed by atoms with van der Waals surface area (Å²) in [6.45, 7) is 0.859. The molecule has 1 atom stereocenters. The van der Waals surface area contributed by atoms with Gasteiger partial charge in [-0.1, -0.05) is 30.3 Å². The standard InChI is InChI=1S/C19H19F3N2O/c20-19(21,22)17-11-5-4-10-16(17)18(25)24-12-6-9-15(13-24)23-14-7-2-1-3-8-14/h1-5,7-8,10-11,15,23H,6,9,12-13H2/t15-/m0/s1. The number of likely N-dealkylation sites (tertiary alicyclic amines) is 1. The topological polar surface area (TPSA) is 32.3 Å². The highest BCUT2D eigenvalue weighted by Gasteiger charge is 2.36. The van der Waals surface area contributed by atoms with E-state index < -0.39 is 17.6 Å². The molecule has 3 rings (SSSR count). The van der Waals surface area contributed by atoms with Gasteiger partial charge in [0.1, 0.15) is 0 Å². The molecular formula is C19H19F3N2O. The first-order valence-corrected chi connectivity index (χ1v) is 8.22. The molecule has 0 unspecified atom stereocenters. The van der Waals surface area contributed by atoms with E-state index in [4.69, 9.17) is 0 Å². The zero-order chi connectivity index (χ0) is 17.9. The van der Waals surface area contributed by atoms with Gasteiger partial charge in [0, 0.05) is 24.8 Å². The lowest BCUT2D eigenvalue weighted by molar-refractivity contribution is -0.138. The van der Waals surface area contributed by atoms with Crippen molar-refractivity contribution in [1.82, 2.24) is 4.90 Å². The maximum atomic E-state index is 13.2. The normalized spacial score (nSPS) is 18.0. The van der Waals surface area contributed by atoms with Crippen LogP contribution in [-0.2, 0) is 6.18 Å². The Hall–Kier alpha value is -2.50. The quantitative estimate of drug-likeness (QED) is 0.890. The summed E-state index contributed by atoms with van der Waals surface area (Å²) < 4.78 is 39.5. The predicted octanol–water partition coefficient (Wildman–Crippen LogP) is 4.42. The van der Waals surface area contributed by atoms with Gasteiger partial charge in [-0.2, -0.15) is 13.2 Å². The van der Waals surface area contributed by atoms with Crippen molar-refractivity contribution < 1.29 is 18.0 Å². The number of benzene rings is 2. The van der Waals surface area contributed by atoms with Gasteiger partial charge in [-0.15, -0.1) is 0 Å². The maximum absolute atomic E-state index is 13.2. The molecular weight excluding hydrogens is 329 g/mol. The minimum atomic E-state index is -4.54. The van der Waals surface area contributed by atoms with Crippen LogP contribution >= 0.6 is 0 Å². The van der Waals surface area contributed by atoms with Crippen LogP contribution in [0.1, 0.15) is 28.8 Å². The lowest BCUT2D eigenvalue weighted by Crippen LogP contribution is -2.45. The van der Waals surface area contributed by atoms with E-state index in [0.29, 0.717) is 13.1 Å². The van der Waals surface area contributed by atoms with E-state index in [1.165, 1.54) is 23.1 Å². The number of amides is 1. The number of hydrogen-bond acceptors (Lipinski definition) is 2. The van der Waals surface area contributed by atoms with Gasteiger partial charge in [-0.05, 0) is 37.1 Å². The third kappa shape index (κ3) is 4.13. The second-order valence-corrected chi connectivity index (χ2v) is 6.14. The third-order valence-electron chi connectivity index (χ3n) is 4.32. The average molecular weight is 348 g/mol. The highest BCUT2D eigenvalue weighted by Crippen LogP contribution is 2.32. The van der Waals surface area contributed by atoms with Gasteiger partial charge < -0.3 is 10.2 Å². The van der Waals surface area contributed by atoms with Gasteiger partial charge in [-0.25, -0.2) is 0 Å². The Balaban J connectivity index is 1.75. The molecule has 0 bridgehead atoms. The van der Waals surface area contributed by atoms with Crippen LogP contribution < -0.4 is 5.32 Å². The summed E-state index contributed by atoms with van der Waals surface area (Å²) in [4.78, 5) is 14.2. The van der Waals surface area contributed by atoms with Crippen LogP contribution in [-0.4, -0.2) is 29.9 Å². The Kier molecular flexibility index (Phi) is 4.97. The van der Waals surface area contributed by atoms with E-state index in [2.05, 4.69) is 5.32 Å². The highest BCUT2D eigenvalue weighted by atomic mass is 19.4. The third-order valence-corrected chi connectivity index (χ3v) is 4.32. The molecule has 1 amide bonds. The summed E-state index contributed by atoms with van der Waals surface area (Å²) in [7, 11) is 0. The predicted molar refractivity (Wildman–Crippen MR) is 90.4 cm³/mol. The van der Waals surface area contributed by atoms with Crippen molar-refractivity contribution in [1.29, 1.82) is 0 Å². The molecule has 0 saturated carbocycles. The molecule has 1 aliphatic heterocycles. The van der Waals surface area contributed by atoms with Gasteiger partial charge in [0.2, 0.25) is 0 Å². The molecule has 0 spiro atoms. The molecule has 0 aliphatic carbocycles. The number of halogens is 3. The Morgan fingerprint density at radius 1 is 1.04 bits per heavy atom. The van der Waals surface area contributed by atoms with Crippen LogP contribution in [0, 0.1) is 0 Å². The fraction of sp³-hybridized carbons (Fsp3) is 0.316. The van der Waals surface area contributed by atoms with Crippen LogP contribution in [0.15, 0.2) is 54.6 Å². The molecule has 1 N–H and O–H groups in total. The minimum absolute atomic E-state index is 0.0261. The molecule has 3 nitrogen and oxygen atoms in total. The molecule has 2 aromatic carbocycles. The van der Waals surface area contributed by atoms with Crippen LogP contribution in [0.2, 0.25) is 0 Å². The second-order valence-electron chi connectivity index (χ2n) is 6.14. The van der Waals surface area contributed by atoms with E-state index >= 15 is 0 Å². The molecule has 6 heteroatoms. The van der Waals surface area contributed by atoms with Crippen molar-refractivity contribution in [2.75, 3.05) is 18.4 Å². The number of para-hydroxylation sites is 1. The lowest BCUT2D eigenvalue weighted by atomic mass is 10.0. The first kappa shape index (κ1) is 17.3. The zero-order valence-corrected chi connectivity index (χ0v) is 13.6. The van der Waals surface area contributed by atoms with E-state index in [9.17, 15) is 18.0 Å². The van der Waals surface area contributed by atoms with Crippen molar-refractivity contribution >= 4 is 11.6 Å².